The van der Waals surface area contributed by atoms with Crippen LogP contribution in [0, 0.1) is 5.41 Å². The number of fused-ring (bicyclic) bond motifs is 1. The predicted molar refractivity (Wildman–Crippen MR) is 112 cm³/mol. The summed E-state index contributed by atoms with van der Waals surface area (Å²) in [6.07, 6.45) is 2.99. The molecule has 0 bridgehead atoms. The number of hydrogen-bond donors (Lipinski definition) is 2. The maximum atomic E-state index is 12.7. The van der Waals surface area contributed by atoms with Gasteiger partial charge in [-0.1, -0.05) is 13.8 Å². The van der Waals surface area contributed by atoms with Crippen molar-refractivity contribution in [3.8, 4) is 0 Å². The van der Waals surface area contributed by atoms with Crippen LogP contribution in [0.25, 0.3) is 5.76 Å². The van der Waals surface area contributed by atoms with E-state index >= 15 is 0 Å². The van der Waals surface area contributed by atoms with E-state index in [9.17, 15) is 15.0 Å². The summed E-state index contributed by atoms with van der Waals surface area (Å²) >= 11 is 3.35. The number of allylic oxidation sites excluding steroid dienone is 3. The first-order chi connectivity index (χ1) is 13.3. The maximum Gasteiger partial charge on any atom is 0.203 e. The molecule has 1 unspecified atom stereocenters. The van der Waals surface area contributed by atoms with E-state index in [0.29, 0.717) is 21.2 Å². The van der Waals surface area contributed by atoms with Gasteiger partial charge in [0, 0.05) is 29.9 Å². The molecule has 2 N–H and O–H groups in total. The lowest BCUT2D eigenvalue weighted by atomic mass is 9.82. The van der Waals surface area contributed by atoms with Crippen molar-refractivity contribution in [2.75, 3.05) is 18.0 Å². The number of halogens is 1. The number of Topliss-reactive ketones (excluding diaryl/α,β-unsaturated/α-hetero) is 1. The molecule has 0 amide bonds. The minimum Gasteiger partial charge on any atom is -0.509 e. The molecule has 0 aromatic heterocycles. The van der Waals surface area contributed by atoms with Crippen LogP contribution < -0.4 is 4.90 Å². The number of anilines is 1. The van der Waals surface area contributed by atoms with E-state index in [-0.39, 0.29) is 11.5 Å². The van der Waals surface area contributed by atoms with Crippen molar-refractivity contribution in [1.82, 2.24) is 0 Å². The van der Waals surface area contributed by atoms with E-state index in [1.54, 1.807) is 0 Å². The van der Waals surface area contributed by atoms with Crippen molar-refractivity contribution < 1.29 is 19.7 Å². The van der Waals surface area contributed by atoms with Crippen LogP contribution in [-0.4, -0.2) is 41.3 Å². The van der Waals surface area contributed by atoms with Gasteiger partial charge in [0.2, 0.25) is 5.78 Å². The second kappa shape index (κ2) is 7.08. The van der Waals surface area contributed by atoms with Crippen molar-refractivity contribution in [2.45, 2.75) is 38.9 Å². The zero-order chi connectivity index (χ0) is 20.1. The monoisotopic (exact) mass is 445 g/mol. The Morgan fingerprint density at radius 3 is 2.43 bits per heavy atom. The lowest BCUT2D eigenvalue weighted by Crippen LogP contribution is -2.39. The minimum absolute atomic E-state index is 0.206. The third-order valence-electron chi connectivity index (χ3n) is 5.85. The minimum atomic E-state index is -1.25. The fourth-order valence-electron chi connectivity index (χ4n) is 3.82. The van der Waals surface area contributed by atoms with Crippen LogP contribution >= 0.6 is 15.9 Å². The molecule has 148 valence electrons. The molecule has 2 heterocycles. The first-order valence-corrected chi connectivity index (χ1v) is 10.3. The number of aliphatic hydroxyl groups excluding tert-OH is 2. The van der Waals surface area contributed by atoms with Crippen LogP contribution in [0.3, 0.4) is 0 Å². The Kier molecular flexibility index (Phi) is 4.88. The largest absolute Gasteiger partial charge is 0.509 e. The normalized spacial score (nSPS) is 27.0. The van der Waals surface area contributed by atoms with E-state index in [1.165, 1.54) is 12.2 Å². The Morgan fingerprint density at radius 1 is 1.14 bits per heavy atom. The topological polar surface area (TPSA) is 70.0 Å². The van der Waals surface area contributed by atoms with E-state index in [2.05, 4.69) is 34.7 Å². The highest BCUT2D eigenvalue weighted by atomic mass is 79.9. The number of carbonyl (C=O) groups is 1. The molecular weight excluding hydrogens is 422 g/mol. The zero-order valence-electron chi connectivity index (χ0n) is 16.0. The lowest BCUT2D eigenvalue weighted by Gasteiger charge is -2.38. The second-order valence-corrected chi connectivity index (χ2v) is 9.16. The Morgan fingerprint density at radius 2 is 1.79 bits per heavy atom. The summed E-state index contributed by atoms with van der Waals surface area (Å²) in [7, 11) is 0. The summed E-state index contributed by atoms with van der Waals surface area (Å²) in [5.41, 5.74) is 2.63. The van der Waals surface area contributed by atoms with Crippen LogP contribution in [0.1, 0.15) is 32.3 Å². The number of ketones is 1. The highest BCUT2D eigenvalue weighted by Crippen LogP contribution is 2.39. The van der Waals surface area contributed by atoms with Crippen molar-refractivity contribution in [3.63, 3.8) is 0 Å². The van der Waals surface area contributed by atoms with E-state index in [0.717, 1.165) is 37.2 Å². The Balaban J connectivity index is 1.58. The molecule has 2 aliphatic heterocycles. The standard InChI is InChI=1S/C22H24BrNO4/c1-22(2)9-11-24(12-10-22)14-5-3-13(4-6-14)20-17(23)18(26)15-7-8-16(25)19(27)21(15)28-20/h3-8,19,21,25,27H,9-12H2,1-2H3/t19?,21-/m0/s1. The summed E-state index contributed by atoms with van der Waals surface area (Å²) in [6.45, 7) is 6.68. The van der Waals surface area contributed by atoms with E-state index in [1.807, 2.05) is 24.3 Å². The third-order valence-corrected chi connectivity index (χ3v) is 6.57. The number of carbonyl (C=O) groups excluding carboxylic acids is 1. The van der Waals surface area contributed by atoms with Gasteiger partial charge in [0.25, 0.3) is 0 Å². The van der Waals surface area contributed by atoms with Crippen molar-refractivity contribution in [2.24, 2.45) is 5.41 Å². The number of rotatable bonds is 2. The molecule has 0 spiro atoms. The van der Waals surface area contributed by atoms with Crippen LogP contribution in [0.2, 0.25) is 0 Å². The molecule has 6 heteroatoms. The summed E-state index contributed by atoms with van der Waals surface area (Å²) in [4.78, 5) is 15.1. The Labute approximate surface area is 173 Å². The number of hydrogen-bond acceptors (Lipinski definition) is 5. The van der Waals surface area contributed by atoms with Gasteiger partial charge in [-0.05, 0) is 70.6 Å². The molecule has 1 saturated heterocycles. The first-order valence-electron chi connectivity index (χ1n) is 9.52. The van der Waals surface area contributed by atoms with Gasteiger partial charge < -0.3 is 19.8 Å². The number of aliphatic hydroxyl groups is 2. The third kappa shape index (κ3) is 3.40. The van der Waals surface area contributed by atoms with Gasteiger partial charge in [-0.15, -0.1) is 0 Å². The molecule has 5 nitrogen and oxygen atoms in total. The quantitative estimate of drug-likeness (QED) is 0.717. The molecule has 4 rings (SSSR count). The Hall–Kier alpha value is -2.05. The summed E-state index contributed by atoms with van der Waals surface area (Å²) in [5, 5.41) is 20.0. The molecule has 1 aromatic rings. The molecule has 1 fully saturated rings. The number of benzene rings is 1. The summed E-state index contributed by atoms with van der Waals surface area (Å²) < 4.78 is 6.26. The van der Waals surface area contributed by atoms with Gasteiger partial charge in [-0.2, -0.15) is 0 Å². The molecule has 2 atom stereocenters. The average Bonchev–Trinajstić information content (AvgIpc) is 2.68. The average molecular weight is 446 g/mol. The fraction of sp³-hybridized carbons (Fsp3) is 0.409. The van der Waals surface area contributed by atoms with Crippen molar-refractivity contribution in [1.29, 1.82) is 0 Å². The van der Waals surface area contributed by atoms with Crippen LogP contribution in [0.4, 0.5) is 5.69 Å². The van der Waals surface area contributed by atoms with Crippen LogP contribution in [-0.2, 0) is 9.53 Å². The van der Waals surface area contributed by atoms with E-state index < -0.39 is 12.2 Å². The van der Waals surface area contributed by atoms with E-state index in [4.69, 9.17) is 4.74 Å². The molecule has 3 aliphatic rings. The second-order valence-electron chi connectivity index (χ2n) is 8.37. The van der Waals surface area contributed by atoms with Gasteiger partial charge in [0.1, 0.15) is 16.0 Å². The Bertz CT molecular complexity index is 888. The SMILES string of the molecule is CC1(C)CCN(c2ccc(C3=C(Br)C(=O)C4=CC=C(O)C(O)[C@H]4O3)cc2)CC1. The number of ether oxygens (including phenoxy) is 1. The van der Waals surface area contributed by atoms with Gasteiger partial charge >= 0.3 is 0 Å². The van der Waals surface area contributed by atoms with Gasteiger partial charge in [0.05, 0.1) is 0 Å². The van der Waals surface area contributed by atoms with Crippen LogP contribution in [0.5, 0.6) is 0 Å². The molecule has 1 aliphatic carbocycles. The summed E-state index contributed by atoms with van der Waals surface area (Å²) in [5.74, 6) is -0.0640. The lowest BCUT2D eigenvalue weighted by molar-refractivity contribution is -0.114. The number of piperidine rings is 1. The first kappa shape index (κ1) is 19.3. The molecule has 28 heavy (non-hydrogen) atoms. The molecule has 0 radical (unpaired) electrons. The molecule has 1 aromatic carbocycles. The fourth-order valence-corrected chi connectivity index (χ4v) is 4.38. The highest BCUT2D eigenvalue weighted by Gasteiger charge is 2.40. The summed E-state index contributed by atoms with van der Waals surface area (Å²) in [6, 6.07) is 7.93. The highest BCUT2D eigenvalue weighted by molar-refractivity contribution is 9.12. The van der Waals surface area contributed by atoms with Crippen molar-refractivity contribution >= 4 is 33.2 Å². The number of nitrogens with zero attached hydrogens (tertiary/aromatic N) is 1. The smallest absolute Gasteiger partial charge is 0.203 e. The van der Waals surface area contributed by atoms with Gasteiger partial charge in [-0.25, -0.2) is 0 Å². The molecule has 0 saturated carbocycles. The predicted octanol–water partition coefficient (Wildman–Crippen LogP) is 4.09. The van der Waals surface area contributed by atoms with Crippen LogP contribution in [0.15, 0.2) is 52.2 Å². The van der Waals surface area contributed by atoms with Gasteiger partial charge in [0.15, 0.2) is 12.2 Å². The zero-order valence-corrected chi connectivity index (χ0v) is 17.6. The maximum absolute atomic E-state index is 12.7. The molecular formula is C22H24BrNO4. The van der Waals surface area contributed by atoms with Gasteiger partial charge in [-0.3, -0.25) is 4.79 Å². The van der Waals surface area contributed by atoms with Crippen molar-refractivity contribution in [3.05, 3.63) is 57.8 Å².